The Bertz CT molecular complexity index is 698. The maximum absolute atomic E-state index is 9.29. The van der Waals surface area contributed by atoms with Crippen molar-refractivity contribution in [2.45, 2.75) is 12.2 Å². The smallest absolute Gasteiger partial charge is 0.232 e. The van der Waals surface area contributed by atoms with E-state index in [4.69, 9.17) is 9.47 Å². The van der Waals surface area contributed by atoms with Crippen LogP contribution in [0.3, 0.4) is 0 Å². The van der Waals surface area contributed by atoms with E-state index in [1.165, 1.54) is 0 Å². The molecule has 2 atom stereocenters. The Morgan fingerprint density at radius 1 is 1.38 bits per heavy atom. The van der Waals surface area contributed by atoms with E-state index in [0.29, 0.717) is 11.4 Å². The normalized spacial score (nSPS) is 22.3. The van der Waals surface area contributed by atoms with E-state index in [0.717, 1.165) is 24.0 Å². The highest BCUT2D eigenvalue weighted by molar-refractivity contribution is 5.79. The van der Waals surface area contributed by atoms with Gasteiger partial charge in [0.05, 0.1) is 5.52 Å². The van der Waals surface area contributed by atoms with Gasteiger partial charge in [-0.2, -0.15) is 5.26 Å². The lowest BCUT2D eigenvalue weighted by molar-refractivity contribution is 0.0321. The standard InChI is InChI=1S/C15H16N4O2/c1-19-8-13(20-2)14(9-19)21-15-10(6-16)5-11-7-17-4-3-12(11)18-15/h3-5,7,13-14H,8-9H2,1-2H3/t13-,14-/m1/s1. The molecule has 2 aromatic rings. The third kappa shape index (κ3) is 2.66. The van der Waals surface area contributed by atoms with E-state index in [2.05, 4.69) is 20.9 Å². The molecule has 0 aromatic carbocycles. The van der Waals surface area contributed by atoms with Crippen LogP contribution in [0.2, 0.25) is 0 Å². The van der Waals surface area contributed by atoms with E-state index >= 15 is 0 Å². The molecule has 21 heavy (non-hydrogen) atoms. The predicted molar refractivity (Wildman–Crippen MR) is 77.0 cm³/mol. The van der Waals surface area contributed by atoms with Gasteiger partial charge in [-0.15, -0.1) is 0 Å². The first kappa shape index (κ1) is 13.7. The highest BCUT2D eigenvalue weighted by atomic mass is 16.5. The van der Waals surface area contributed by atoms with Crippen LogP contribution in [0.15, 0.2) is 24.5 Å². The lowest BCUT2D eigenvalue weighted by Gasteiger charge is -2.19. The van der Waals surface area contributed by atoms with Gasteiger partial charge >= 0.3 is 0 Å². The Labute approximate surface area is 122 Å². The first-order valence-corrected chi connectivity index (χ1v) is 6.74. The van der Waals surface area contributed by atoms with Crippen molar-refractivity contribution in [3.05, 3.63) is 30.1 Å². The maximum atomic E-state index is 9.29. The van der Waals surface area contributed by atoms with Gasteiger partial charge in [-0.25, -0.2) is 4.98 Å². The van der Waals surface area contributed by atoms with Crippen LogP contribution < -0.4 is 4.74 Å². The Hall–Kier alpha value is -2.23. The van der Waals surface area contributed by atoms with Crippen molar-refractivity contribution in [2.24, 2.45) is 0 Å². The van der Waals surface area contributed by atoms with E-state index in [-0.39, 0.29) is 12.2 Å². The number of hydrogen-bond donors (Lipinski definition) is 0. The van der Waals surface area contributed by atoms with Crippen LogP contribution in [0, 0.1) is 11.3 Å². The van der Waals surface area contributed by atoms with Crippen LogP contribution in [0.1, 0.15) is 5.56 Å². The van der Waals surface area contributed by atoms with Crippen molar-refractivity contribution in [1.82, 2.24) is 14.9 Å². The largest absolute Gasteiger partial charge is 0.469 e. The summed E-state index contributed by atoms with van der Waals surface area (Å²) in [5, 5.41) is 10.1. The first-order chi connectivity index (χ1) is 10.2. The summed E-state index contributed by atoms with van der Waals surface area (Å²) in [6, 6.07) is 5.69. The number of likely N-dealkylation sites (tertiary alicyclic amines) is 1. The molecule has 0 saturated carbocycles. The highest BCUT2D eigenvalue weighted by Gasteiger charge is 2.33. The summed E-state index contributed by atoms with van der Waals surface area (Å²) >= 11 is 0. The number of likely N-dealkylation sites (N-methyl/N-ethyl adjacent to an activating group) is 1. The van der Waals surface area contributed by atoms with E-state index in [1.807, 2.05) is 7.05 Å². The maximum Gasteiger partial charge on any atom is 0.232 e. The fourth-order valence-corrected chi connectivity index (χ4v) is 2.58. The van der Waals surface area contributed by atoms with Crippen LogP contribution >= 0.6 is 0 Å². The van der Waals surface area contributed by atoms with Gasteiger partial charge in [0.1, 0.15) is 23.8 Å². The van der Waals surface area contributed by atoms with Gasteiger partial charge in [0.2, 0.25) is 5.88 Å². The summed E-state index contributed by atoms with van der Waals surface area (Å²) in [5.74, 6) is 0.360. The first-order valence-electron chi connectivity index (χ1n) is 6.74. The van der Waals surface area contributed by atoms with Crippen molar-refractivity contribution in [3.8, 4) is 11.9 Å². The number of methoxy groups -OCH3 is 1. The molecule has 0 radical (unpaired) electrons. The second-order valence-corrected chi connectivity index (χ2v) is 5.17. The summed E-state index contributed by atoms with van der Waals surface area (Å²) in [7, 11) is 3.69. The van der Waals surface area contributed by atoms with Gasteiger partial charge in [-0.3, -0.25) is 9.88 Å². The minimum Gasteiger partial charge on any atom is -0.469 e. The average molecular weight is 284 g/mol. The summed E-state index contributed by atoms with van der Waals surface area (Å²) in [6.07, 6.45) is 3.22. The second-order valence-electron chi connectivity index (χ2n) is 5.17. The zero-order chi connectivity index (χ0) is 14.8. The van der Waals surface area contributed by atoms with Gasteiger partial charge < -0.3 is 9.47 Å². The SMILES string of the molecule is CO[C@@H]1CN(C)C[C@H]1Oc1nc2ccncc2cc1C#N. The molecule has 0 unspecified atom stereocenters. The summed E-state index contributed by atoms with van der Waals surface area (Å²) in [6.45, 7) is 1.56. The molecule has 0 spiro atoms. The molecule has 6 heteroatoms. The average Bonchev–Trinajstić information content (AvgIpc) is 2.86. The number of nitriles is 1. The van der Waals surface area contributed by atoms with Gasteiger partial charge in [0.15, 0.2) is 0 Å². The van der Waals surface area contributed by atoms with Crippen molar-refractivity contribution in [1.29, 1.82) is 5.26 Å². The molecule has 6 nitrogen and oxygen atoms in total. The van der Waals surface area contributed by atoms with Crippen LogP contribution in [-0.4, -0.2) is 54.3 Å². The molecule has 0 bridgehead atoms. The van der Waals surface area contributed by atoms with Crippen LogP contribution in [-0.2, 0) is 4.74 Å². The molecule has 2 aromatic heterocycles. The van der Waals surface area contributed by atoms with Gasteiger partial charge in [-0.05, 0) is 19.2 Å². The molecule has 0 amide bonds. The van der Waals surface area contributed by atoms with Gasteiger partial charge in [0, 0.05) is 38.0 Å². The summed E-state index contributed by atoms with van der Waals surface area (Å²) < 4.78 is 11.4. The zero-order valence-corrected chi connectivity index (χ0v) is 12.0. The van der Waals surface area contributed by atoms with E-state index in [1.54, 1.807) is 31.6 Å². The molecule has 1 fully saturated rings. The second kappa shape index (κ2) is 5.64. The zero-order valence-electron chi connectivity index (χ0n) is 12.0. The minimum absolute atomic E-state index is 0.0171. The molecule has 1 aliphatic rings. The molecular weight excluding hydrogens is 268 g/mol. The fourth-order valence-electron chi connectivity index (χ4n) is 2.58. The Balaban J connectivity index is 1.94. The number of ether oxygens (including phenoxy) is 2. The number of nitrogens with zero attached hydrogens (tertiary/aromatic N) is 4. The predicted octanol–water partition coefficient (Wildman–Crippen LogP) is 1.21. The third-order valence-corrected chi connectivity index (χ3v) is 3.66. The van der Waals surface area contributed by atoms with Crippen molar-refractivity contribution in [3.63, 3.8) is 0 Å². The molecule has 1 saturated heterocycles. The fraction of sp³-hybridized carbons (Fsp3) is 0.400. The van der Waals surface area contributed by atoms with E-state index < -0.39 is 0 Å². The molecule has 3 rings (SSSR count). The monoisotopic (exact) mass is 284 g/mol. The number of aromatic nitrogens is 2. The molecule has 0 N–H and O–H groups in total. The van der Waals surface area contributed by atoms with Gasteiger partial charge in [-0.1, -0.05) is 0 Å². The number of fused-ring (bicyclic) bond motifs is 1. The number of hydrogen-bond acceptors (Lipinski definition) is 6. The lowest BCUT2D eigenvalue weighted by Crippen LogP contribution is -2.32. The topological polar surface area (TPSA) is 71.3 Å². The summed E-state index contributed by atoms with van der Waals surface area (Å²) in [4.78, 5) is 10.6. The third-order valence-electron chi connectivity index (χ3n) is 3.66. The lowest BCUT2D eigenvalue weighted by atomic mass is 10.2. The van der Waals surface area contributed by atoms with Crippen molar-refractivity contribution >= 4 is 10.9 Å². The van der Waals surface area contributed by atoms with Crippen LogP contribution in [0.4, 0.5) is 0 Å². The molecule has 1 aliphatic heterocycles. The molecular formula is C15H16N4O2. The van der Waals surface area contributed by atoms with E-state index in [9.17, 15) is 5.26 Å². The number of pyridine rings is 2. The summed E-state index contributed by atoms with van der Waals surface area (Å²) in [5.41, 5.74) is 1.18. The molecule has 0 aliphatic carbocycles. The Morgan fingerprint density at radius 2 is 2.19 bits per heavy atom. The Kier molecular flexibility index (Phi) is 3.69. The molecule has 3 heterocycles. The van der Waals surface area contributed by atoms with Crippen molar-refractivity contribution in [2.75, 3.05) is 27.2 Å². The quantitative estimate of drug-likeness (QED) is 0.843. The Morgan fingerprint density at radius 3 is 2.95 bits per heavy atom. The highest BCUT2D eigenvalue weighted by Crippen LogP contribution is 2.24. The molecule has 108 valence electrons. The number of rotatable bonds is 3. The van der Waals surface area contributed by atoms with Crippen LogP contribution in [0.5, 0.6) is 5.88 Å². The van der Waals surface area contributed by atoms with Gasteiger partial charge in [0.25, 0.3) is 0 Å². The minimum atomic E-state index is -0.126. The van der Waals surface area contributed by atoms with Crippen molar-refractivity contribution < 1.29 is 9.47 Å². The van der Waals surface area contributed by atoms with Crippen LogP contribution in [0.25, 0.3) is 10.9 Å².